The average Bonchev–Trinajstić information content (AvgIpc) is 2.76. The third-order valence-corrected chi connectivity index (χ3v) is 3.33. The van der Waals surface area contributed by atoms with Crippen molar-refractivity contribution < 1.29 is 0 Å². The van der Waals surface area contributed by atoms with Crippen LogP contribution in [0.15, 0.2) is 42.5 Å². The molecule has 17 heavy (non-hydrogen) atoms. The zero-order valence-electron chi connectivity index (χ0n) is 9.37. The third kappa shape index (κ3) is 1.71. The van der Waals surface area contributed by atoms with E-state index in [2.05, 4.69) is 22.3 Å². The van der Waals surface area contributed by atoms with Crippen LogP contribution in [0, 0.1) is 6.92 Å². The topological polar surface area (TPSA) is 28.7 Å². The van der Waals surface area contributed by atoms with Crippen LogP contribution in [0.3, 0.4) is 0 Å². The molecule has 0 bridgehead atoms. The summed E-state index contributed by atoms with van der Waals surface area (Å²) in [6, 6.07) is 14.1. The molecule has 0 aliphatic heterocycles. The van der Waals surface area contributed by atoms with E-state index in [-0.39, 0.29) is 0 Å². The number of nitrogens with zero attached hydrogens (tertiary/aromatic N) is 1. The Morgan fingerprint density at radius 2 is 1.94 bits per heavy atom. The minimum Gasteiger partial charge on any atom is -0.277 e. The summed E-state index contributed by atoms with van der Waals surface area (Å²) < 4.78 is 0. The molecule has 0 aliphatic carbocycles. The Kier molecular flexibility index (Phi) is 2.37. The fourth-order valence-corrected chi connectivity index (χ4v) is 2.09. The monoisotopic (exact) mass is 242 g/mol. The van der Waals surface area contributed by atoms with Gasteiger partial charge in [0.2, 0.25) is 0 Å². The van der Waals surface area contributed by atoms with E-state index in [9.17, 15) is 0 Å². The lowest BCUT2D eigenvalue weighted by Crippen LogP contribution is -1.81. The van der Waals surface area contributed by atoms with Gasteiger partial charge in [-0.15, -0.1) is 0 Å². The Labute approximate surface area is 104 Å². The molecular weight excluding hydrogens is 232 g/mol. The van der Waals surface area contributed by atoms with Gasteiger partial charge in [0.05, 0.1) is 11.2 Å². The number of halogens is 1. The molecule has 3 rings (SSSR count). The van der Waals surface area contributed by atoms with Gasteiger partial charge in [0.15, 0.2) is 0 Å². The van der Waals surface area contributed by atoms with E-state index in [1.54, 1.807) is 0 Å². The lowest BCUT2D eigenvalue weighted by atomic mass is 10.1. The molecule has 3 heteroatoms. The summed E-state index contributed by atoms with van der Waals surface area (Å²) in [4.78, 5) is 0. The number of fused-ring (bicyclic) bond motifs is 1. The maximum atomic E-state index is 6.03. The molecule has 0 atom stereocenters. The van der Waals surface area contributed by atoms with Gasteiger partial charge in [-0.2, -0.15) is 5.10 Å². The number of hydrogen-bond donors (Lipinski definition) is 1. The summed E-state index contributed by atoms with van der Waals surface area (Å²) in [5.41, 5.74) is 4.18. The van der Waals surface area contributed by atoms with Gasteiger partial charge in [0.1, 0.15) is 0 Å². The zero-order valence-corrected chi connectivity index (χ0v) is 10.1. The van der Waals surface area contributed by atoms with E-state index in [4.69, 9.17) is 11.6 Å². The Morgan fingerprint density at radius 1 is 1.12 bits per heavy atom. The maximum absolute atomic E-state index is 6.03. The second kappa shape index (κ2) is 3.90. The van der Waals surface area contributed by atoms with Crippen molar-refractivity contribution in [2.75, 3.05) is 0 Å². The van der Waals surface area contributed by atoms with Gasteiger partial charge in [-0.25, -0.2) is 0 Å². The van der Waals surface area contributed by atoms with Crippen LogP contribution in [-0.2, 0) is 0 Å². The van der Waals surface area contributed by atoms with Crippen molar-refractivity contribution in [2.45, 2.75) is 6.92 Å². The lowest BCUT2D eigenvalue weighted by molar-refractivity contribution is 1.12. The van der Waals surface area contributed by atoms with Gasteiger partial charge >= 0.3 is 0 Å². The number of nitrogens with one attached hydrogen (secondary N) is 1. The second-order valence-corrected chi connectivity index (χ2v) is 4.49. The van der Waals surface area contributed by atoms with Gasteiger partial charge in [-0.05, 0) is 30.7 Å². The Balaban J connectivity index is 2.24. The van der Waals surface area contributed by atoms with Crippen molar-refractivity contribution in [3.63, 3.8) is 0 Å². The molecular formula is C14H11ClN2. The number of aromatic nitrogens is 2. The average molecular weight is 243 g/mol. The first-order valence-corrected chi connectivity index (χ1v) is 5.83. The molecule has 0 spiro atoms. The van der Waals surface area contributed by atoms with Crippen molar-refractivity contribution in [3.8, 4) is 11.3 Å². The number of aromatic amines is 1. The highest BCUT2D eigenvalue weighted by atomic mass is 35.5. The highest BCUT2D eigenvalue weighted by molar-refractivity contribution is 6.31. The van der Waals surface area contributed by atoms with Gasteiger partial charge in [0, 0.05) is 16.0 Å². The molecule has 0 aliphatic rings. The van der Waals surface area contributed by atoms with Crippen molar-refractivity contribution in [2.24, 2.45) is 0 Å². The smallest absolute Gasteiger partial charge is 0.0999 e. The summed E-state index contributed by atoms with van der Waals surface area (Å²) in [7, 11) is 0. The van der Waals surface area contributed by atoms with Crippen molar-refractivity contribution in [3.05, 3.63) is 53.1 Å². The molecule has 84 valence electrons. The first-order valence-electron chi connectivity index (χ1n) is 5.45. The Hall–Kier alpha value is -1.80. The Bertz CT molecular complexity index is 686. The summed E-state index contributed by atoms with van der Waals surface area (Å²) in [6.07, 6.45) is 0. The SMILES string of the molecule is Cc1cc(-c2n[nH]c3ccccc23)ccc1Cl. The summed E-state index contributed by atoms with van der Waals surface area (Å²) in [6.45, 7) is 2.00. The highest BCUT2D eigenvalue weighted by Gasteiger charge is 2.08. The first-order chi connectivity index (χ1) is 8.25. The molecule has 0 saturated heterocycles. The molecule has 0 saturated carbocycles. The van der Waals surface area contributed by atoms with E-state index in [0.717, 1.165) is 32.7 Å². The van der Waals surface area contributed by atoms with Crippen LogP contribution in [0.25, 0.3) is 22.2 Å². The van der Waals surface area contributed by atoms with Gasteiger partial charge in [-0.1, -0.05) is 35.9 Å². The van der Waals surface area contributed by atoms with Gasteiger partial charge in [-0.3, -0.25) is 5.10 Å². The molecule has 0 amide bonds. The number of hydrogen-bond acceptors (Lipinski definition) is 1. The predicted octanol–water partition coefficient (Wildman–Crippen LogP) is 4.19. The minimum absolute atomic E-state index is 0.786. The number of para-hydroxylation sites is 1. The second-order valence-electron chi connectivity index (χ2n) is 4.08. The van der Waals surface area contributed by atoms with Crippen LogP contribution in [0.5, 0.6) is 0 Å². The summed E-state index contributed by atoms with van der Waals surface area (Å²) >= 11 is 6.03. The zero-order chi connectivity index (χ0) is 11.8. The molecule has 2 aromatic carbocycles. The first kappa shape index (κ1) is 10.4. The summed E-state index contributed by atoms with van der Waals surface area (Å²) in [5.74, 6) is 0. The number of H-pyrrole nitrogens is 1. The number of rotatable bonds is 1. The van der Waals surface area contributed by atoms with E-state index < -0.39 is 0 Å². The molecule has 1 N–H and O–H groups in total. The van der Waals surface area contributed by atoms with Crippen LogP contribution in [0.2, 0.25) is 5.02 Å². The maximum Gasteiger partial charge on any atom is 0.0999 e. The Morgan fingerprint density at radius 3 is 2.76 bits per heavy atom. The van der Waals surface area contributed by atoms with Crippen LogP contribution < -0.4 is 0 Å². The van der Waals surface area contributed by atoms with Crippen molar-refractivity contribution in [1.29, 1.82) is 0 Å². The van der Waals surface area contributed by atoms with Gasteiger partial charge in [0.25, 0.3) is 0 Å². The van der Waals surface area contributed by atoms with E-state index in [0.29, 0.717) is 0 Å². The van der Waals surface area contributed by atoms with Crippen molar-refractivity contribution in [1.82, 2.24) is 10.2 Å². The third-order valence-electron chi connectivity index (χ3n) is 2.90. The minimum atomic E-state index is 0.786. The van der Waals surface area contributed by atoms with Crippen LogP contribution >= 0.6 is 11.6 Å². The molecule has 1 heterocycles. The molecule has 0 unspecified atom stereocenters. The number of aryl methyl sites for hydroxylation is 1. The molecule has 3 aromatic rings. The quantitative estimate of drug-likeness (QED) is 0.681. The summed E-state index contributed by atoms with van der Waals surface area (Å²) in [5, 5.41) is 9.33. The molecule has 1 aromatic heterocycles. The highest BCUT2D eigenvalue weighted by Crippen LogP contribution is 2.28. The number of benzene rings is 2. The van der Waals surface area contributed by atoms with Gasteiger partial charge < -0.3 is 0 Å². The van der Waals surface area contributed by atoms with Crippen LogP contribution in [0.4, 0.5) is 0 Å². The molecule has 0 fully saturated rings. The standard InChI is InChI=1S/C14H11ClN2/c1-9-8-10(6-7-12(9)15)14-11-4-2-3-5-13(11)16-17-14/h2-8H,1H3,(H,16,17). The van der Waals surface area contributed by atoms with Crippen LogP contribution in [0.1, 0.15) is 5.56 Å². The lowest BCUT2D eigenvalue weighted by Gasteiger charge is -2.01. The fraction of sp³-hybridized carbons (Fsp3) is 0.0714. The normalized spacial score (nSPS) is 10.9. The predicted molar refractivity (Wildman–Crippen MR) is 71.3 cm³/mol. The fourth-order valence-electron chi connectivity index (χ4n) is 1.98. The molecule has 2 nitrogen and oxygen atoms in total. The molecule has 0 radical (unpaired) electrons. The van der Waals surface area contributed by atoms with E-state index in [1.165, 1.54) is 0 Å². The van der Waals surface area contributed by atoms with E-state index >= 15 is 0 Å². The van der Waals surface area contributed by atoms with Crippen molar-refractivity contribution >= 4 is 22.5 Å². The largest absolute Gasteiger partial charge is 0.277 e. The van der Waals surface area contributed by atoms with E-state index in [1.807, 2.05) is 37.3 Å². The van der Waals surface area contributed by atoms with Crippen LogP contribution in [-0.4, -0.2) is 10.2 Å².